The van der Waals surface area contributed by atoms with Gasteiger partial charge in [-0.2, -0.15) is 0 Å². The Hall–Kier alpha value is -2.56. The third kappa shape index (κ3) is 5.22. The maximum atomic E-state index is 12.3. The fourth-order valence-electron chi connectivity index (χ4n) is 2.97. The molecule has 0 aliphatic rings. The van der Waals surface area contributed by atoms with E-state index in [1.165, 1.54) is 5.56 Å². The first-order valence-electron chi connectivity index (χ1n) is 9.61. The largest absolute Gasteiger partial charge is 0.462 e. The predicted octanol–water partition coefficient (Wildman–Crippen LogP) is 4.25. The van der Waals surface area contributed by atoms with Crippen LogP contribution in [0.3, 0.4) is 0 Å². The van der Waals surface area contributed by atoms with Crippen molar-refractivity contribution in [2.75, 3.05) is 6.61 Å². The normalized spacial score (nSPS) is 11.9. The number of rotatable bonds is 8. The molecule has 0 spiro atoms. The summed E-state index contributed by atoms with van der Waals surface area (Å²) in [6.07, 6.45) is 1.26. The number of ether oxygens (including phenoxy) is 1. The van der Waals surface area contributed by atoms with Crippen LogP contribution in [0.4, 0.5) is 0 Å². The Morgan fingerprint density at radius 2 is 1.81 bits per heavy atom. The summed E-state index contributed by atoms with van der Waals surface area (Å²) in [6, 6.07) is 10.2. The van der Waals surface area contributed by atoms with E-state index in [-0.39, 0.29) is 17.9 Å². The molecule has 0 saturated carbocycles. The number of nitrogens with zero attached hydrogens (tertiary/aromatic N) is 1. The van der Waals surface area contributed by atoms with E-state index in [1.54, 1.807) is 6.92 Å². The van der Waals surface area contributed by atoms with E-state index >= 15 is 0 Å². The van der Waals surface area contributed by atoms with Gasteiger partial charge in [-0.25, -0.2) is 4.79 Å². The number of benzene rings is 1. The second-order valence-corrected chi connectivity index (χ2v) is 6.89. The molecule has 1 atom stereocenters. The molecule has 2 rings (SSSR count). The van der Waals surface area contributed by atoms with Crippen molar-refractivity contribution in [2.45, 2.75) is 60.0 Å². The van der Waals surface area contributed by atoms with Gasteiger partial charge in [0.05, 0.1) is 12.2 Å². The van der Waals surface area contributed by atoms with Crippen LogP contribution in [0.15, 0.2) is 30.3 Å². The van der Waals surface area contributed by atoms with Crippen molar-refractivity contribution in [2.24, 2.45) is 0 Å². The minimum atomic E-state index is -0.328. The van der Waals surface area contributed by atoms with Crippen LogP contribution >= 0.6 is 0 Å². The van der Waals surface area contributed by atoms with Gasteiger partial charge in [0.2, 0.25) is 5.91 Å². The lowest BCUT2D eigenvalue weighted by Gasteiger charge is -2.14. The Morgan fingerprint density at radius 3 is 2.41 bits per heavy atom. The molecule has 5 nitrogen and oxygen atoms in total. The topological polar surface area (TPSA) is 60.3 Å². The van der Waals surface area contributed by atoms with Gasteiger partial charge in [-0.3, -0.25) is 4.79 Å². The molecule has 1 N–H and O–H groups in total. The summed E-state index contributed by atoms with van der Waals surface area (Å²) >= 11 is 0. The number of hydrogen-bond acceptors (Lipinski definition) is 3. The van der Waals surface area contributed by atoms with Crippen LogP contribution in [0.5, 0.6) is 0 Å². The van der Waals surface area contributed by atoms with Crippen molar-refractivity contribution >= 4 is 11.9 Å². The first-order valence-corrected chi connectivity index (χ1v) is 9.61. The van der Waals surface area contributed by atoms with Crippen LogP contribution in [-0.2, 0) is 16.1 Å². The third-order valence-corrected chi connectivity index (χ3v) is 4.79. The number of carbonyl (C=O) groups excluding carboxylic acids is 2. The van der Waals surface area contributed by atoms with Gasteiger partial charge in [-0.1, -0.05) is 36.8 Å². The summed E-state index contributed by atoms with van der Waals surface area (Å²) in [7, 11) is 0. The second-order valence-electron chi connectivity index (χ2n) is 6.89. The summed E-state index contributed by atoms with van der Waals surface area (Å²) in [6.45, 7) is 10.6. The van der Waals surface area contributed by atoms with Gasteiger partial charge < -0.3 is 14.6 Å². The number of nitrogens with one attached hydrogen (secondary N) is 1. The Morgan fingerprint density at radius 1 is 1.15 bits per heavy atom. The van der Waals surface area contributed by atoms with E-state index in [4.69, 9.17) is 4.74 Å². The quantitative estimate of drug-likeness (QED) is 0.707. The van der Waals surface area contributed by atoms with Crippen molar-refractivity contribution in [1.29, 1.82) is 0 Å². The Balaban J connectivity index is 2.33. The lowest BCUT2D eigenvalue weighted by atomic mass is 10.1. The molecule has 0 saturated heterocycles. The Bertz CT molecular complexity index is 791. The molecule has 146 valence electrons. The molecule has 1 heterocycles. The molecule has 1 aromatic carbocycles. The molecule has 0 unspecified atom stereocenters. The van der Waals surface area contributed by atoms with Crippen LogP contribution in [0.2, 0.25) is 0 Å². The van der Waals surface area contributed by atoms with E-state index in [9.17, 15) is 9.59 Å². The summed E-state index contributed by atoms with van der Waals surface area (Å²) in [5.74, 6) is -0.309. The maximum absolute atomic E-state index is 12.3. The molecule has 2 aromatic rings. The third-order valence-electron chi connectivity index (χ3n) is 4.79. The molecule has 0 aliphatic heterocycles. The smallest absolute Gasteiger partial charge is 0.339 e. The molecule has 0 aliphatic carbocycles. The van der Waals surface area contributed by atoms with E-state index < -0.39 is 0 Å². The highest BCUT2D eigenvalue weighted by Gasteiger charge is 2.20. The Kier molecular flexibility index (Phi) is 7.22. The van der Waals surface area contributed by atoms with Crippen molar-refractivity contribution in [1.82, 2.24) is 9.88 Å². The van der Waals surface area contributed by atoms with Gasteiger partial charge in [-0.05, 0) is 45.7 Å². The number of aryl methyl sites for hydroxylation is 1. The zero-order chi connectivity index (χ0) is 20.0. The molecular weight excluding hydrogens is 340 g/mol. The number of aromatic nitrogens is 1. The van der Waals surface area contributed by atoms with Gasteiger partial charge in [-0.15, -0.1) is 0 Å². The fraction of sp³-hybridized carbons (Fsp3) is 0.455. The van der Waals surface area contributed by atoms with Crippen molar-refractivity contribution < 1.29 is 14.3 Å². The van der Waals surface area contributed by atoms with Crippen molar-refractivity contribution in [3.05, 3.63) is 47.2 Å². The second kappa shape index (κ2) is 9.40. The number of amides is 1. The Labute approximate surface area is 161 Å². The SMILES string of the molecule is CCOC(=O)c1cc(-c2ccc(C)cc2)n(CCC(=O)N[C@@H](C)CC)c1C. The summed E-state index contributed by atoms with van der Waals surface area (Å²) in [5, 5.41) is 2.99. The summed E-state index contributed by atoms with van der Waals surface area (Å²) < 4.78 is 7.23. The number of hydrogen-bond donors (Lipinski definition) is 1. The van der Waals surface area contributed by atoms with Crippen LogP contribution < -0.4 is 5.32 Å². The van der Waals surface area contributed by atoms with E-state index in [1.807, 2.05) is 62.6 Å². The highest BCUT2D eigenvalue weighted by atomic mass is 16.5. The molecule has 5 heteroatoms. The van der Waals surface area contributed by atoms with E-state index in [0.29, 0.717) is 25.1 Å². The monoisotopic (exact) mass is 370 g/mol. The molecule has 1 amide bonds. The minimum Gasteiger partial charge on any atom is -0.462 e. The average molecular weight is 370 g/mol. The lowest BCUT2D eigenvalue weighted by Crippen LogP contribution is -2.32. The predicted molar refractivity (Wildman–Crippen MR) is 108 cm³/mol. The minimum absolute atomic E-state index is 0.0185. The standard InChI is InChI=1S/C22H30N2O3/c1-6-16(4)23-21(25)12-13-24-17(5)19(22(26)27-7-2)14-20(24)18-10-8-15(3)9-11-18/h8-11,14,16H,6-7,12-13H2,1-5H3,(H,23,25)/t16-/m0/s1. The number of carbonyl (C=O) groups is 2. The number of esters is 1. The van der Waals surface area contributed by atoms with Crippen LogP contribution in [0.1, 0.15) is 55.2 Å². The van der Waals surface area contributed by atoms with E-state index in [2.05, 4.69) is 5.32 Å². The average Bonchev–Trinajstić information content (AvgIpc) is 2.97. The lowest BCUT2D eigenvalue weighted by molar-refractivity contribution is -0.121. The van der Waals surface area contributed by atoms with Crippen LogP contribution in [0.25, 0.3) is 11.3 Å². The molecule has 0 bridgehead atoms. The van der Waals surface area contributed by atoms with Gasteiger partial charge in [0.25, 0.3) is 0 Å². The van der Waals surface area contributed by atoms with Gasteiger partial charge in [0.1, 0.15) is 0 Å². The van der Waals surface area contributed by atoms with Crippen molar-refractivity contribution in [3.8, 4) is 11.3 Å². The molecule has 1 aromatic heterocycles. The fourth-order valence-corrected chi connectivity index (χ4v) is 2.97. The van der Waals surface area contributed by atoms with Crippen molar-refractivity contribution in [3.63, 3.8) is 0 Å². The van der Waals surface area contributed by atoms with Gasteiger partial charge in [0, 0.05) is 30.4 Å². The van der Waals surface area contributed by atoms with Crippen LogP contribution in [-0.4, -0.2) is 29.1 Å². The first kappa shape index (κ1) is 20.7. The molecule has 0 radical (unpaired) electrons. The zero-order valence-electron chi connectivity index (χ0n) is 17.0. The van der Waals surface area contributed by atoms with Gasteiger partial charge >= 0.3 is 5.97 Å². The highest BCUT2D eigenvalue weighted by molar-refractivity contribution is 5.92. The maximum Gasteiger partial charge on any atom is 0.339 e. The summed E-state index contributed by atoms with van der Waals surface area (Å²) in [5.41, 5.74) is 4.48. The highest BCUT2D eigenvalue weighted by Crippen LogP contribution is 2.27. The molecule has 0 fully saturated rings. The molecule has 27 heavy (non-hydrogen) atoms. The van der Waals surface area contributed by atoms with Gasteiger partial charge in [0.15, 0.2) is 0 Å². The first-order chi connectivity index (χ1) is 12.9. The zero-order valence-corrected chi connectivity index (χ0v) is 17.0. The van der Waals surface area contributed by atoms with Crippen LogP contribution in [0, 0.1) is 13.8 Å². The summed E-state index contributed by atoms with van der Waals surface area (Å²) in [4.78, 5) is 24.5. The molecular formula is C22H30N2O3. The van der Waals surface area contributed by atoms with E-state index in [0.717, 1.165) is 23.4 Å².